The van der Waals surface area contributed by atoms with Gasteiger partial charge in [-0.3, -0.25) is 9.59 Å². The van der Waals surface area contributed by atoms with Gasteiger partial charge in [-0.2, -0.15) is 0 Å². The second-order valence-corrected chi connectivity index (χ2v) is 15.6. The highest BCUT2D eigenvalue weighted by Crippen LogP contribution is 2.28. The van der Waals surface area contributed by atoms with Crippen molar-refractivity contribution in [2.45, 2.75) is 231 Å². The first-order valence-electron chi connectivity index (χ1n) is 20.2. The van der Waals surface area contributed by atoms with Gasteiger partial charge in [0.15, 0.2) is 21.4 Å². The average Bonchev–Trinajstić information content (AvgIpc) is 3.04. The number of rotatable bonds is 36. The van der Waals surface area contributed by atoms with Gasteiger partial charge in [-0.25, -0.2) is 9.59 Å². The van der Waals surface area contributed by atoms with Crippen molar-refractivity contribution in [3.8, 4) is 0 Å². The van der Waals surface area contributed by atoms with E-state index in [0.717, 1.165) is 51.4 Å². The lowest BCUT2D eigenvalue weighted by Crippen LogP contribution is -2.48. The minimum absolute atomic E-state index is 0.0632. The number of thiol groups is 2. The van der Waals surface area contributed by atoms with Crippen molar-refractivity contribution >= 4 is 47.4 Å². The van der Waals surface area contributed by atoms with E-state index >= 15 is 0 Å². The first-order chi connectivity index (χ1) is 23.5. The number of aliphatic hydroxyl groups is 2. The lowest BCUT2D eigenvalue weighted by molar-refractivity contribution is -0.187. The monoisotopic (exact) mass is 730 g/mol. The maximum Gasteiger partial charge on any atom is 0.346 e. The fourth-order valence-electron chi connectivity index (χ4n) is 6.52. The molecule has 0 heterocycles. The van der Waals surface area contributed by atoms with Gasteiger partial charge in [0.2, 0.25) is 0 Å². The molecule has 0 aliphatic carbocycles. The SMILES string of the molecule is CCCCCCCCCCCCCCCCC(O)(CC(=O)S)C(=O)OC(=O)C(O)(CCCCCCCCCCCCCCCC)CC(=O)S. The van der Waals surface area contributed by atoms with Crippen LogP contribution in [0.15, 0.2) is 0 Å². The van der Waals surface area contributed by atoms with Gasteiger partial charge in [0, 0.05) is 0 Å². The second kappa shape index (κ2) is 31.8. The topological polar surface area (TPSA) is 118 Å². The van der Waals surface area contributed by atoms with Crippen molar-refractivity contribution in [2.24, 2.45) is 0 Å². The summed E-state index contributed by atoms with van der Waals surface area (Å²) in [5.74, 6) is -2.58. The summed E-state index contributed by atoms with van der Waals surface area (Å²) in [6.07, 6.45) is 30.8. The minimum Gasteiger partial charge on any atom is -0.389 e. The fraction of sp³-hybridized carbons (Fsp3) is 0.900. The van der Waals surface area contributed by atoms with Gasteiger partial charge in [-0.1, -0.05) is 181 Å². The van der Waals surface area contributed by atoms with E-state index in [4.69, 9.17) is 4.74 Å². The zero-order valence-corrected chi connectivity index (χ0v) is 33.2. The molecule has 0 aliphatic rings. The van der Waals surface area contributed by atoms with Gasteiger partial charge in [0.1, 0.15) is 0 Å². The summed E-state index contributed by atoms with van der Waals surface area (Å²) in [5, 5.41) is 20.8. The van der Waals surface area contributed by atoms with Crippen molar-refractivity contribution in [1.82, 2.24) is 0 Å². The predicted molar refractivity (Wildman–Crippen MR) is 208 cm³/mol. The van der Waals surface area contributed by atoms with Crippen LogP contribution in [0.3, 0.4) is 0 Å². The summed E-state index contributed by atoms with van der Waals surface area (Å²) < 4.78 is 4.97. The molecule has 2 N–H and O–H groups in total. The maximum atomic E-state index is 13.0. The van der Waals surface area contributed by atoms with Gasteiger partial charge >= 0.3 is 11.9 Å². The standard InChI is InChI=1S/C40H74O7S2/c1-3-5-7-9-11-13-15-17-19-21-23-25-27-29-31-39(45,33-35(41)48)37(43)47-38(44)40(46,34-36(42)49)32-30-28-26-24-22-20-18-16-14-12-10-8-6-4-2/h45-46H,3-34H2,1-2H3,(H,41,48)(H,42,49). The van der Waals surface area contributed by atoms with E-state index in [9.17, 15) is 29.4 Å². The maximum absolute atomic E-state index is 13.0. The van der Waals surface area contributed by atoms with E-state index in [2.05, 4.69) is 39.1 Å². The van der Waals surface area contributed by atoms with Crippen LogP contribution in [0.25, 0.3) is 0 Å². The van der Waals surface area contributed by atoms with Crippen LogP contribution in [-0.2, 0) is 23.9 Å². The van der Waals surface area contributed by atoms with Crippen LogP contribution in [-0.4, -0.2) is 43.6 Å². The molecular weight excluding hydrogens is 657 g/mol. The molecule has 0 saturated heterocycles. The molecular formula is C40H74O7S2. The summed E-state index contributed by atoms with van der Waals surface area (Å²) in [7, 11) is 0. The third kappa shape index (κ3) is 27.4. The summed E-state index contributed by atoms with van der Waals surface area (Å²) >= 11 is 7.49. The Morgan fingerprint density at radius 1 is 0.408 bits per heavy atom. The number of carbonyl (C=O) groups is 4. The highest BCUT2D eigenvalue weighted by atomic mass is 32.1. The normalized spacial score (nSPS) is 13.9. The van der Waals surface area contributed by atoms with Gasteiger partial charge in [-0.15, -0.1) is 25.3 Å². The molecule has 0 aromatic heterocycles. The smallest absolute Gasteiger partial charge is 0.346 e. The van der Waals surface area contributed by atoms with E-state index in [0.29, 0.717) is 12.8 Å². The van der Waals surface area contributed by atoms with E-state index in [1.54, 1.807) is 0 Å². The number of ether oxygens (including phenoxy) is 1. The molecule has 2 atom stereocenters. The Balaban J connectivity index is 4.51. The van der Waals surface area contributed by atoms with Gasteiger partial charge in [-0.05, 0) is 25.7 Å². The quantitative estimate of drug-likeness (QED) is 0.0219. The lowest BCUT2D eigenvalue weighted by Gasteiger charge is -2.28. The molecule has 0 amide bonds. The van der Waals surface area contributed by atoms with Crippen molar-refractivity contribution in [1.29, 1.82) is 0 Å². The Bertz CT molecular complexity index is 800. The Labute approximate surface area is 311 Å². The molecule has 0 aromatic rings. The average molecular weight is 731 g/mol. The second-order valence-electron chi connectivity index (χ2n) is 14.6. The van der Waals surface area contributed by atoms with Crippen LogP contribution in [0.1, 0.15) is 219 Å². The number of hydrogen-bond acceptors (Lipinski definition) is 7. The first kappa shape index (κ1) is 48.1. The molecule has 0 saturated carbocycles. The zero-order valence-electron chi connectivity index (χ0n) is 31.5. The molecule has 0 spiro atoms. The molecule has 49 heavy (non-hydrogen) atoms. The van der Waals surface area contributed by atoms with E-state index in [1.807, 2.05) is 0 Å². The van der Waals surface area contributed by atoms with E-state index in [-0.39, 0.29) is 12.8 Å². The van der Waals surface area contributed by atoms with Gasteiger partial charge < -0.3 is 14.9 Å². The van der Waals surface area contributed by atoms with Gasteiger partial charge in [0.25, 0.3) is 0 Å². The van der Waals surface area contributed by atoms with Crippen LogP contribution in [0.4, 0.5) is 0 Å². The van der Waals surface area contributed by atoms with Crippen molar-refractivity contribution in [3.05, 3.63) is 0 Å². The molecule has 9 heteroatoms. The van der Waals surface area contributed by atoms with Crippen LogP contribution >= 0.6 is 25.3 Å². The summed E-state index contributed by atoms with van der Waals surface area (Å²) in [4.78, 5) is 49.6. The lowest BCUT2D eigenvalue weighted by atomic mass is 9.91. The highest BCUT2D eigenvalue weighted by Gasteiger charge is 2.45. The van der Waals surface area contributed by atoms with Crippen molar-refractivity contribution < 1.29 is 34.1 Å². The van der Waals surface area contributed by atoms with Crippen LogP contribution in [0.5, 0.6) is 0 Å². The van der Waals surface area contributed by atoms with Crippen LogP contribution in [0.2, 0.25) is 0 Å². The number of unbranched alkanes of at least 4 members (excludes halogenated alkanes) is 26. The molecule has 2 unspecified atom stereocenters. The molecule has 0 aliphatic heterocycles. The van der Waals surface area contributed by atoms with Crippen LogP contribution < -0.4 is 0 Å². The Hall–Kier alpha value is -0.900. The van der Waals surface area contributed by atoms with Crippen molar-refractivity contribution in [2.75, 3.05) is 0 Å². The molecule has 0 bridgehead atoms. The van der Waals surface area contributed by atoms with Crippen molar-refractivity contribution in [3.63, 3.8) is 0 Å². The zero-order chi connectivity index (χ0) is 36.6. The Morgan fingerprint density at radius 3 is 0.816 bits per heavy atom. The largest absolute Gasteiger partial charge is 0.389 e. The Kier molecular flexibility index (Phi) is 31.2. The summed E-state index contributed by atoms with van der Waals surface area (Å²) in [6.45, 7) is 4.47. The third-order valence-electron chi connectivity index (χ3n) is 9.72. The van der Waals surface area contributed by atoms with E-state index < -0.39 is 46.2 Å². The van der Waals surface area contributed by atoms with E-state index in [1.165, 1.54) is 116 Å². The molecule has 288 valence electrons. The summed E-state index contributed by atoms with van der Waals surface area (Å²) in [5.41, 5.74) is -4.46. The Morgan fingerprint density at radius 2 is 0.612 bits per heavy atom. The number of carbonyl (C=O) groups excluding carboxylic acids is 4. The van der Waals surface area contributed by atoms with Gasteiger partial charge in [0.05, 0.1) is 12.8 Å². The first-order valence-corrected chi connectivity index (χ1v) is 21.0. The summed E-state index contributed by atoms with van der Waals surface area (Å²) in [6, 6.07) is 0. The number of hydrogen-bond donors (Lipinski definition) is 4. The number of esters is 2. The van der Waals surface area contributed by atoms with Crippen LogP contribution in [0, 0.1) is 0 Å². The minimum atomic E-state index is -2.23. The fourth-order valence-corrected chi connectivity index (χ4v) is 7.05. The molecule has 0 aromatic carbocycles. The molecule has 0 fully saturated rings. The highest BCUT2D eigenvalue weighted by molar-refractivity contribution is 7.96. The third-order valence-corrected chi connectivity index (χ3v) is 10.0. The molecule has 0 radical (unpaired) electrons. The molecule has 0 rings (SSSR count). The molecule has 7 nitrogen and oxygen atoms in total. The predicted octanol–water partition coefficient (Wildman–Crippen LogP) is 11.0.